The third-order valence-electron chi connectivity index (χ3n) is 8.21. The number of hydrogen-bond donors (Lipinski definition) is 3. The van der Waals surface area contributed by atoms with Gasteiger partial charge in [-0.3, -0.25) is 10.2 Å². The molecule has 2 heterocycles. The van der Waals surface area contributed by atoms with E-state index in [0.29, 0.717) is 25.6 Å². The lowest BCUT2D eigenvalue weighted by molar-refractivity contribution is -0.135. The number of aromatic amines is 1. The van der Waals surface area contributed by atoms with E-state index in [9.17, 15) is 4.79 Å². The summed E-state index contributed by atoms with van der Waals surface area (Å²) in [5.41, 5.74) is 7.45. The van der Waals surface area contributed by atoms with Crippen molar-refractivity contribution in [2.45, 2.75) is 53.4 Å². The fraction of sp³-hybridized carbons (Fsp3) is 0.500. The second-order valence-electron chi connectivity index (χ2n) is 11.5. The summed E-state index contributed by atoms with van der Waals surface area (Å²) >= 11 is 0. The van der Waals surface area contributed by atoms with Crippen LogP contribution in [-0.2, 0) is 16.6 Å². The fourth-order valence-electron chi connectivity index (χ4n) is 5.74. The molecule has 0 bridgehead atoms. The second kappa shape index (κ2) is 11.8. The lowest BCUT2D eigenvalue weighted by atomic mass is 9.82. The topological polar surface area (TPSA) is 78.5 Å². The first-order valence-electron chi connectivity index (χ1n) is 14.3. The molecule has 0 spiro atoms. The Morgan fingerprint density at radius 2 is 1.67 bits per heavy atom. The van der Waals surface area contributed by atoms with Gasteiger partial charge < -0.3 is 25.0 Å². The molecule has 1 aliphatic heterocycles. The Morgan fingerprint density at radius 3 is 2.28 bits per heavy atom. The zero-order chi connectivity index (χ0) is 28.3. The van der Waals surface area contributed by atoms with E-state index in [1.807, 2.05) is 32.6 Å². The summed E-state index contributed by atoms with van der Waals surface area (Å²) in [5, 5.41) is 13.1. The van der Waals surface area contributed by atoms with Gasteiger partial charge in [0.15, 0.2) is 5.96 Å². The van der Waals surface area contributed by atoms with E-state index in [1.54, 1.807) is 0 Å². The lowest BCUT2D eigenvalue weighted by Crippen LogP contribution is -2.51. The second-order valence-corrected chi connectivity index (χ2v) is 11.5. The number of piperazine rings is 1. The van der Waals surface area contributed by atoms with Gasteiger partial charge in [-0.25, -0.2) is 0 Å². The van der Waals surface area contributed by atoms with Crippen molar-refractivity contribution in [3.63, 3.8) is 0 Å². The van der Waals surface area contributed by atoms with Gasteiger partial charge in [-0.2, -0.15) is 0 Å². The number of guanidine groups is 1. The Labute approximate surface area is 234 Å². The lowest BCUT2D eigenvalue weighted by Gasteiger charge is -2.34. The highest BCUT2D eigenvalue weighted by molar-refractivity contribution is 5.94. The Balaban J connectivity index is 1.69. The number of nitrogens with one attached hydrogen (secondary N) is 3. The fourth-order valence-corrected chi connectivity index (χ4v) is 5.74. The van der Waals surface area contributed by atoms with Gasteiger partial charge >= 0.3 is 0 Å². The van der Waals surface area contributed by atoms with Gasteiger partial charge in [0.25, 0.3) is 0 Å². The number of likely N-dealkylation sites (N-methyl/N-ethyl adjacent to an activating group) is 2. The van der Waals surface area contributed by atoms with Gasteiger partial charge in [0.2, 0.25) is 5.91 Å². The molecule has 1 aliphatic rings. The summed E-state index contributed by atoms with van der Waals surface area (Å²) in [6.45, 7) is 18.2. The van der Waals surface area contributed by atoms with Gasteiger partial charge in [0.05, 0.1) is 5.41 Å². The summed E-state index contributed by atoms with van der Waals surface area (Å²) in [5.74, 6) is 0.656. The number of H-pyrrole nitrogens is 1. The van der Waals surface area contributed by atoms with Gasteiger partial charge in [-0.05, 0) is 96.0 Å². The zero-order valence-corrected chi connectivity index (χ0v) is 24.9. The van der Waals surface area contributed by atoms with Crippen LogP contribution in [0.15, 0.2) is 36.4 Å². The Morgan fingerprint density at radius 1 is 1.03 bits per heavy atom. The van der Waals surface area contributed by atoms with Crippen molar-refractivity contribution in [1.82, 2.24) is 25.0 Å². The minimum Gasteiger partial charge on any atom is -0.356 e. The highest BCUT2D eigenvalue weighted by Gasteiger charge is 2.33. The first kappa shape index (κ1) is 28.7. The standard InChI is InChI=1S/C32H46N6O/c1-8-37(9-2)30(39)32(5,6)25-10-11-28-27(21-25)26(29(35-28)24-19-22(3)18-23(4)20-24)12-13-34-31(33)38-16-14-36(7)15-17-38/h10-11,18-21,35H,8-9,12-17H2,1-7H3,(H2,33,34). The Hall–Kier alpha value is -3.32. The largest absolute Gasteiger partial charge is 0.356 e. The van der Waals surface area contributed by atoms with Crippen LogP contribution < -0.4 is 5.32 Å². The van der Waals surface area contributed by atoms with Crippen LogP contribution in [0.3, 0.4) is 0 Å². The van der Waals surface area contributed by atoms with Crippen LogP contribution in [0.5, 0.6) is 0 Å². The summed E-state index contributed by atoms with van der Waals surface area (Å²) < 4.78 is 0. The molecular weight excluding hydrogens is 484 g/mol. The Bertz CT molecular complexity index is 1310. The molecular formula is C32H46N6O. The van der Waals surface area contributed by atoms with Gasteiger partial charge in [0, 0.05) is 62.4 Å². The molecule has 7 nitrogen and oxygen atoms in total. The minimum absolute atomic E-state index is 0.153. The van der Waals surface area contributed by atoms with Crippen molar-refractivity contribution in [2.24, 2.45) is 0 Å². The maximum absolute atomic E-state index is 13.4. The van der Waals surface area contributed by atoms with E-state index in [0.717, 1.165) is 54.8 Å². The van der Waals surface area contributed by atoms with E-state index in [1.165, 1.54) is 22.3 Å². The number of rotatable bonds is 8. The molecule has 1 aromatic heterocycles. The Kier molecular flexibility index (Phi) is 8.70. The van der Waals surface area contributed by atoms with Crippen LogP contribution in [0.1, 0.15) is 49.9 Å². The number of amides is 1. The summed E-state index contributed by atoms with van der Waals surface area (Å²) in [6, 6.07) is 13.1. The first-order valence-corrected chi connectivity index (χ1v) is 14.3. The smallest absolute Gasteiger partial charge is 0.232 e. The highest BCUT2D eigenvalue weighted by Crippen LogP contribution is 2.35. The van der Waals surface area contributed by atoms with E-state index in [4.69, 9.17) is 5.41 Å². The maximum Gasteiger partial charge on any atom is 0.232 e. The van der Waals surface area contributed by atoms with Crippen LogP contribution >= 0.6 is 0 Å². The molecule has 1 amide bonds. The van der Waals surface area contributed by atoms with Crippen molar-refractivity contribution in [2.75, 3.05) is 52.9 Å². The molecule has 0 saturated carbocycles. The van der Waals surface area contributed by atoms with Crippen molar-refractivity contribution in [3.05, 3.63) is 58.7 Å². The number of benzene rings is 2. The molecule has 2 aromatic carbocycles. The molecule has 39 heavy (non-hydrogen) atoms. The molecule has 210 valence electrons. The van der Waals surface area contributed by atoms with E-state index in [2.05, 4.69) is 77.4 Å². The number of nitrogens with zero attached hydrogens (tertiary/aromatic N) is 3. The molecule has 7 heteroatoms. The monoisotopic (exact) mass is 530 g/mol. The molecule has 1 fully saturated rings. The molecule has 3 N–H and O–H groups in total. The molecule has 4 rings (SSSR count). The average Bonchev–Trinajstić information content (AvgIpc) is 3.27. The predicted octanol–water partition coefficient (Wildman–Crippen LogP) is 4.91. The zero-order valence-electron chi connectivity index (χ0n) is 24.9. The summed E-state index contributed by atoms with van der Waals surface area (Å²) in [7, 11) is 2.13. The normalized spacial score (nSPS) is 14.6. The van der Waals surface area contributed by atoms with Crippen molar-refractivity contribution in [3.8, 4) is 11.3 Å². The number of carbonyl (C=O) groups is 1. The number of aromatic nitrogens is 1. The highest BCUT2D eigenvalue weighted by atomic mass is 16.2. The van der Waals surface area contributed by atoms with Crippen LogP contribution in [0.4, 0.5) is 0 Å². The first-order chi connectivity index (χ1) is 18.5. The van der Waals surface area contributed by atoms with Crippen molar-refractivity contribution >= 4 is 22.8 Å². The molecule has 0 radical (unpaired) electrons. The average molecular weight is 531 g/mol. The van der Waals surface area contributed by atoms with E-state index in [-0.39, 0.29) is 5.91 Å². The molecule has 0 aliphatic carbocycles. The molecule has 0 unspecified atom stereocenters. The minimum atomic E-state index is -0.628. The predicted molar refractivity (Wildman–Crippen MR) is 163 cm³/mol. The van der Waals surface area contributed by atoms with Gasteiger partial charge in [-0.1, -0.05) is 23.3 Å². The van der Waals surface area contributed by atoms with Gasteiger partial charge in [-0.15, -0.1) is 0 Å². The quantitative estimate of drug-likeness (QED) is 0.286. The number of carbonyl (C=O) groups excluding carboxylic acids is 1. The van der Waals surface area contributed by atoms with Gasteiger partial charge in [0.1, 0.15) is 0 Å². The summed E-state index contributed by atoms with van der Waals surface area (Å²) in [6.07, 6.45) is 0.770. The molecule has 3 aromatic rings. The SMILES string of the molecule is CCN(CC)C(=O)C(C)(C)c1ccc2[nH]c(-c3cc(C)cc(C)c3)c(CCNC(=N)N3CCN(C)CC3)c2c1. The van der Waals surface area contributed by atoms with Crippen LogP contribution in [0.25, 0.3) is 22.2 Å². The molecule has 0 atom stereocenters. The van der Waals surface area contributed by atoms with Crippen LogP contribution in [-0.4, -0.2) is 84.4 Å². The third-order valence-corrected chi connectivity index (χ3v) is 8.21. The van der Waals surface area contributed by atoms with Crippen molar-refractivity contribution < 1.29 is 4.79 Å². The maximum atomic E-state index is 13.4. The van der Waals surface area contributed by atoms with E-state index < -0.39 is 5.41 Å². The van der Waals surface area contributed by atoms with Crippen LogP contribution in [0, 0.1) is 19.3 Å². The third kappa shape index (κ3) is 6.14. The van der Waals surface area contributed by atoms with Crippen molar-refractivity contribution in [1.29, 1.82) is 5.41 Å². The molecule has 1 saturated heterocycles. The number of fused-ring (bicyclic) bond motifs is 1. The summed E-state index contributed by atoms with van der Waals surface area (Å²) in [4.78, 5) is 23.5. The number of hydrogen-bond acceptors (Lipinski definition) is 3. The van der Waals surface area contributed by atoms with Crippen LogP contribution in [0.2, 0.25) is 0 Å². The van der Waals surface area contributed by atoms with E-state index >= 15 is 0 Å². The number of aryl methyl sites for hydroxylation is 2.